The van der Waals surface area contributed by atoms with Crippen molar-refractivity contribution in [3.63, 3.8) is 0 Å². The molecule has 1 N–H and O–H groups in total. The molecule has 0 heterocycles. The average Bonchev–Trinajstić information content (AvgIpc) is 2.15. The second kappa shape index (κ2) is 8.15. The molecule has 0 saturated heterocycles. The first-order valence-corrected chi connectivity index (χ1v) is 6.68. The molecule has 0 aliphatic rings. The summed E-state index contributed by atoms with van der Waals surface area (Å²) in [7, 11) is 0. The molecule has 0 fully saturated rings. The maximum atomic E-state index is 3.60. The third-order valence-corrected chi connectivity index (χ3v) is 3.30. The Kier molecular flexibility index (Phi) is 8.13. The Labute approximate surface area is 97.0 Å². The van der Waals surface area contributed by atoms with Crippen LogP contribution in [-0.2, 0) is 0 Å². The van der Waals surface area contributed by atoms with Crippen LogP contribution in [0.2, 0.25) is 0 Å². The normalized spacial score (nSPS) is 16.0. The molecule has 92 valence electrons. The van der Waals surface area contributed by atoms with Crippen LogP contribution in [0.1, 0.15) is 54.4 Å². The van der Waals surface area contributed by atoms with Crippen molar-refractivity contribution in [2.24, 2.45) is 23.7 Å². The lowest BCUT2D eigenvalue weighted by Gasteiger charge is -2.24. The summed E-state index contributed by atoms with van der Waals surface area (Å²) in [5.74, 6) is 3.29. The molecule has 0 aliphatic carbocycles. The summed E-state index contributed by atoms with van der Waals surface area (Å²) >= 11 is 0. The molecule has 0 aliphatic heterocycles. The van der Waals surface area contributed by atoms with Gasteiger partial charge in [-0.2, -0.15) is 0 Å². The summed E-state index contributed by atoms with van der Waals surface area (Å²) in [5.41, 5.74) is 0. The Morgan fingerprint density at radius 1 is 0.933 bits per heavy atom. The molecule has 0 radical (unpaired) electrons. The number of hydrogen-bond donors (Lipinski definition) is 1. The first-order valence-electron chi connectivity index (χ1n) is 6.68. The third-order valence-electron chi connectivity index (χ3n) is 3.30. The zero-order chi connectivity index (χ0) is 11.8. The van der Waals surface area contributed by atoms with Crippen molar-refractivity contribution in [2.75, 3.05) is 13.1 Å². The lowest BCUT2D eigenvalue weighted by Crippen LogP contribution is -2.30. The van der Waals surface area contributed by atoms with E-state index >= 15 is 0 Å². The smallest absolute Gasteiger partial charge is 0.00179 e. The van der Waals surface area contributed by atoms with E-state index in [9.17, 15) is 0 Å². The number of rotatable bonds is 8. The highest BCUT2D eigenvalue weighted by Crippen LogP contribution is 2.21. The molecule has 1 heteroatoms. The summed E-state index contributed by atoms with van der Waals surface area (Å²) in [4.78, 5) is 0. The first kappa shape index (κ1) is 15.0. The van der Waals surface area contributed by atoms with Gasteiger partial charge in [-0.15, -0.1) is 0 Å². The minimum Gasteiger partial charge on any atom is -0.316 e. The minimum absolute atomic E-state index is 0.765. The molecular formula is C14H31N. The molecule has 0 aromatic carbocycles. The highest BCUT2D eigenvalue weighted by atomic mass is 14.9. The average molecular weight is 213 g/mol. The van der Waals surface area contributed by atoms with Gasteiger partial charge < -0.3 is 5.32 Å². The standard InChI is InChI=1S/C14H31N/c1-7-13(6)8-14(12(4)5)10-15-9-11(2)3/h11-15H,7-10H2,1-6H3. The van der Waals surface area contributed by atoms with E-state index in [1.807, 2.05) is 0 Å². The van der Waals surface area contributed by atoms with Gasteiger partial charge >= 0.3 is 0 Å². The lowest BCUT2D eigenvalue weighted by molar-refractivity contribution is 0.287. The minimum atomic E-state index is 0.765. The fourth-order valence-corrected chi connectivity index (χ4v) is 1.83. The van der Waals surface area contributed by atoms with Crippen LogP contribution >= 0.6 is 0 Å². The maximum Gasteiger partial charge on any atom is -0.00179 e. The van der Waals surface area contributed by atoms with Crippen LogP contribution in [0.3, 0.4) is 0 Å². The first-order chi connectivity index (χ1) is 6.97. The molecule has 0 amide bonds. The van der Waals surface area contributed by atoms with Gasteiger partial charge in [-0.1, -0.05) is 48.0 Å². The van der Waals surface area contributed by atoms with Crippen LogP contribution in [0.25, 0.3) is 0 Å². The second-order valence-electron chi connectivity index (χ2n) is 5.81. The Morgan fingerprint density at radius 2 is 1.53 bits per heavy atom. The Morgan fingerprint density at radius 3 is 1.93 bits per heavy atom. The van der Waals surface area contributed by atoms with E-state index in [1.165, 1.54) is 19.4 Å². The van der Waals surface area contributed by atoms with Crippen molar-refractivity contribution in [3.8, 4) is 0 Å². The summed E-state index contributed by atoms with van der Waals surface area (Å²) in [5, 5.41) is 3.60. The van der Waals surface area contributed by atoms with E-state index in [4.69, 9.17) is 0 Å². The molecule has 0 bridgehead atoms. The van der Waals surface area contributed by atoms with E-state index in [1.54, 1.807) is 0 Å². The fourth-order valence-electron chi connectivity index (χ4n) is 1.83. The molecular weight excluding hydrogens is 182 g/mol. The van der Waals surface area contributed by atoms with Gasteiger partial charge in [0.05, 0.1) is 0 Å². The molecule has 0 saturated carbocycles. The van der Waals surface area contributed by atoms with Gasteiger partial charge in [-0.3, -0.25) is 0 Å². The molecule has 0 aromatic rings. The van der Waals surface area contributed by atoms with Crippen LogP contribution in [0.5, 0.6) is 0 Å². The van der Waals surface area contributed by atoms with Crippen LogP contribution in [0, 0.1) is 23.7 Å². The second-order valence-corrected chi connectivity index (χ2v) is 5.81. The van der Waals surface area contributed by atoms with Crippen molar-refractivity contribution in [1.82, 2.24) is 5.32 Å². The largest absolute Gasteiger partial charge is 0.316 e. The molecule has 1 nitrogen and oxygen atoms in total. The predicted octanol–water partition coefficient (Wildman–Crippen LogP) is 3.94. The summed E-state index contributed by atoms with van der Waals surface area (Å²) in [6.07, 6.45) is 2.69. The Hall–Kier alpha value is -0.0400. The van der Waals surface area contributed by atoms with Crippen LogP contribution < -0.4 is 5.32 Å². The zero-order valence-electron chi connectivity index (χ0n) is 11.6. The van der Waals surface area contributed by atoms with Crippen molar-refractivity contribution in [3.05, 3.63) is 0 Å². The topological polar surface area (TPSA) is 12.0 Å². The fraction of sp³-hybridized carbons (Fsp3) is 1.00. The molecule has 0 spiro atoms. The van der Waals surface area contributed by atoms with E-state index in [0.29, 0.717) is 0 Å². The summed E-state index contributed by atoms with van der Waals surface area (Å²) in [6.45, 7) is 16.3. The quantitative estimate of drug-likeness (QED) is 0.644. The zero-order valence-corrected chi connectivity index (χ0v) is 11.6. The van der Waals surface area contributed by atoms with Crippen LogP contribution in [0.4, 0.5) is 0 Å². The van der Waals surface area contributed by atoms with Gasteiger partial charge in [0, 0.05) is 0 Å². The van der Waals surface area contributed by atoms with E-state index in [0.717, 1.165) is 30.2 Å². The predicted molar refractivity (Wildman–Crippen MR) is 70.1 cm³/mol. The van der Waals surface area contributed by atoms with Gasteiger partial charge in [0.1, 0.15) is 0 Å². The SMILES string of the molecule is CCC(C)CC(CNCC(C)C)C(C)C. The molecule has 15 heavy (non-hydrogen) atoms. The van der Waals surface area contributed by atoms with Crippen molar-refractivity contribution in [1.29, 1.82) is 0 Å². The van der Waals surface area contributed by atoms with Crippen molar-refractivity contribution < 1.29 is 0 Å². The van der Waals surface area contributed by atoms with Crippen molar-refractivity contribution >= 4 is 0 Å². The highest BCUT2D eigenvalue weighted by molar-refractivity contribution is 4.69. The van der Waals surface area contributed by atoms with Gasteiger partial charge in [-0.05, 0) is 43.2 Å². The van der Waals surface area contributed by atoms with E-state index in [2.05, 4.69) is 46.9 Å². The summed E-state index contributed by atoms with van der Waals surface area (Å²) in [6, 6.07) is 0. The number of nitrogens with one attached hydrogen (secondary N) is 1. The van der Waals surface area contributed by atoms with E-state index in [-0.39, 0.29) is 0 Å². The van der Waals surface area contributed by atoms with Gasteiger partial charge in [0.15, 0.2) is 0 Å². The molecule has 0 rings (SSSR count). The van der Waals surface area contributed by atoms with Gasteiger partial charge in [-0.25, -0.2) is 0 Å². The Balaban J connectivity index is 3.83. The Bertz CT molecular complexity index is 140. The van der Waals surface area contributed by atoms with E-state index < -0.39 is 0 Å². The van der Waals surface area contributed by atoms with Crippen LogP contribution in [-0.4, -0.2) is 13.1 Å². The molecule has 2 atom stereocenters. The van der Waals surface area contributed by atoms with Crippen LogP contribution in [0.15, 0.2) is 0 Å². The van der Waals surface area contributed by atoms with Gasteiger partial charge in [0.25, 0.3) is 0 Å². The molecule has 2 unspecified atom stereocenters. The highest BCUT2D eigenvalue weighted by Gasteiger charge is 2.15. The number of hydrogen-bond acceptors (Lipinski definition) is 1. The summed E-state index contributed by atoms with van der Waals surface area (Å²) < 4.78 is 0. The maximum absolute atomic E-state index is 3.60. The third kappa shape index (κ3) is 7.84. The lowest BCUT2D eigenvalue weighted by atomic mass is 9.86. The van der Waals surface area contributed by atoms with Crippen molar-refractivity contribution in [2.45, 2.75) is 54.4 Å². The monoisotopic (exact) mass is 213 g/mol. The van der Waals surface area contributed by atoms with Gasteiger partial charge in [0.2, 0.25) is 0 Å². The molecule has 0 aromatic heterocycles.